The lowest BCUT2D eigenvalue weighted by molar-refractivity contribution is -0.870. The molecule has 3 atom stereocenters. The molecule has 0 fully saturated rings. The third-order valence-corrected chi connectivity index (χ3v) is 20.8. The number of hydrogen-bond acceptors (Lipinski definition) is 5. The summed E-state index contributed by atoms with van der Waals surface area (Å²) in [6.45, 7) is 4.98. The van der Waals surface area contributed by atoms with Crippen LogP contribution < -0.4 is 5.32 Å². The molecule has 0 aromatic heterocycles. The SMILES string of the molecule is CCCCCCCCCCCCCCCCCCCCCCCCCCCCCCCCCCCCCCCCCCC(=O)NC(COP(=O)(O)OCC[N+](C)(C)C)C(O)CCCCCCCCCCCCCCCCCCCCCCCCCCCCCC. The highest BCUT2D eigenvalue weighted by Crippen LogP contribution is 2.43. The van der Waals surface area contributed by atoms with Crippen LogP contribution in [0.1, 0.15) is 463 Å². The van der Waals surface area contributed by atoms with E-state index in [0.717, 1.165) is 38.5 Å². The molecule has 0 saturated carbocycles. The molecule has 1 amide bonds. The highest BCUT2D eigenvalue weighted by molar-refractivity contribution is 7.47. The van der Waals surface area contributed by atoms with Gasteiger partial charge in [0.2, 0.25) is 5.91 Å². The topological polar surface area (TPSA) is 105 Å². The maximum Gasteiger partial charge on any atom is 0.472 e. The van der Waals surface area contributed by atoms with Crippen LogP contribution >= 0.6 is 7.82 Å². The second-order valence-electron chi connectivity index (χ2n) is 30.2. The van der Waals surface area contributed by atoms with Crippen LogP contribution in [0.2, 0.25) is 0 Å². The van der Waals surface area contributed by atoms with Gasteiger partial charge in [-0.3, -0.25) is 13.8 Å². The number of quaternary nitrogens is 1. The van der Waals surface area contributed by atoms with Crippen LogP contribution in [0.5, 0.6) is 0 Å². The van der Waals surface area contributed by atoms with Gasteiger partial charge < -0.3 is 19.8 Å². The highest BCUT2D eigenvalue weighted by Gasteiger charge is 2.28. The molecule has 0 rings (SSSR count). The van der Waals surface area contributed by atoms with E-state index in [0.29, 0.717) is 23.9 Å². The third kappa shape index (κ3) is 74.9. The lowest BCUT2D eigenvalue weighted by Crippen LogP contribution is -2.46. The normalized spacial score (nSPS) is 13.4. The molecule has 0 radical (unpaired) electrons. The van der Waals surface area contributed by atoms with Crippen LogP contribution in [0, 0.1) is 0 Å². The van der Waals surface area contributed by atoms with Crippen molar-refractivity contribution in [1.29, 1.82) is 0 Å². The second-order valence-corrected chi connectivity index (χ2v) is 31.7. The number of nitrogens with one attached hydrogen (secondary N) is 1. The minimum absolute atomic E-state index is 0.0797. The summed E-state index contributed by atoms with van der Waals surface area (Å²) in [6.07, 6.45) is 94.2. The number of amides is 1. The predicted octanol–water partition coefficient (Wildman–Crippen LogP) is 27.0. The number of likely N-dealkylation sites (N-methyl/N-ethyl adjacent to an activating group) is 1. The van der Waals surface area contributed by atoms with Crippen molar-refractivity contribution in [1.82, 2.24) is 5.32 Å². The van der Waals surface area contributed by atoms with E-state index in [2.05, 4.69) is 19.2 Å². The molecule has 90 heavy (non-hydrogen) atoms. The molecule has 0 aliphatic heterocycles. The van der Waals surface area contributed by atoms with Gasteiger partial charge in [-0.15, -0.1) is 0 Å². The molecule has 0 aliphatic carbocycles. The largest absolute Gasteiger partial charge is 0.472 e. The predicted molar refractivity (Wildman–Crippen MR) is 397 cm³/mol. The minimum Gasteiger partial charge on any atom is -0.391 e. The Kier molecular flexibility index (Phi) is 72.4. The zero-order chi connectivity index (χ0) is 65.5. The first-order valence-corrected chi connectivity index (χ1v) is 42.9. The number of aliphatic hydroxyl groups excluding tert-OH is 1. The Morgan fingerprint density at radius 3 is 0.744 bits per heavy atom. The van der Waals surface area contributed by atoms with Gasteiger partial charge >= 0.3 is 7.82 Å². The van der Waals surface area contributed by atoms with Gasteiger partial charge in [0.05, 0.1) is 39.9 Å². The molecule has 0 bridgehead atoms. The van der Waals surface area contributed by atoms with Crippen molar-refractivity contribution in [3.05, 3.63) is 0 Å². The molecule has 3 unspecified atom stereocenters. The Bertz CT molecular complexity index is 1430. The summed E-state index contributed by atoms with van der Waals surface area (Å²) in [5.74, 6) is -0.131. The zero-order valence-corrected chi connectivity index (χ0v) is 63.1. The molecule has 0 spiro atoms. The average Bonchev–Trinajstić information content (AvgIpc) is 3.67. The molecular weight excluding hydrogens is 1130 g/mol. The quantitative estimate of drug-likeness (QED) is 0.0318. The van der Waals surface area contributed by atoms with E-state index in [1.165, 1.54) is 398 Å². The average molecular weight is 1300 g/mol. The summed E-state index contributed by atoms with van der Waals surface area (Å²) in [6, 6.07) is -0.758. The van der Waals surface area contributed by atoms with Gasteiger partial charge in [0, 0.05) is 6.42 Å². The Morgan fingerprint density at radius 2 is 0.533 bits per heavy atom. The maximum atomic E-state index is 13.1. The number of unbranched alkanes of at least 4 members (excludes halogenated alkanes) is 66. The van der Waals surface area contributed by atoms with Crippen LogP contribution in [0.25, 0.3) is 0 Å². The summed E-state index contributed by atoms with van der Waals surface area (Å²) < 4.78 is 24.0. The van der Waals surface area contributed by atoms with Gasteiger partial charge in [0.1, 0.15) is 13.2 Å². The molecule has 0 aliphatic rings. The first kappa shape index (κ1) is 89.5. The number of hydrogen-bond donors (Lipinski definition) is 3. The van der Waals surface area contributed by atoms with E-state index in [4.69, 9.17) is 9.05 Å². The van der Waals surface area contributed by atoms with Crippen molar-refractivity contribution < 1.29 is 32.9 Å². The Morgan fingerprint density at radius 1 is 0.333 bits per heavy atom. The summed E-state index contributed by atoms with van der Waals surface area (Å²) in [5, 5.41) is 14.2. The zero-order valence-electron chi connectivity index (χ0n) is 62.2. The first-order valence-electron chi connectivity index (χ1n) is 41.4. The Balaban J connectivity index is 3.85. The van der Waals surface area contributed by atoms with E-state index in [1.54, 1.807) is 0 Å². The molecule has 0 aromatic rings. The fourth-order valence-electron chi connectivity index (χ4n) is 13.5. The molecule has 540 valence electrons. The fraction of sp³-hybridized carbons (Fsp3) is 0.988. The lowest BCUT2D eigenvalue weighted by Gasteiger charge is -2.26. The van der Waals surface area contributed by atoms with Crippen molar-refractivity contribution in [2.45, 2.75) is 475 Å². The monoisotopic (exact) mass is 1290 g/mol. The van der Waals surface area contributed by atoms with Crippen molar-refractivity contribution >= 4 is 13.7 Å². The molecule has 0 saturated heterocycles. The Labute approximate surface area is 565 Å². The number of carbonyl (C=O) groups is 1. The molecule has 8 nitrogen and oxygen atoms in total. The summed E-state index contributed by atoms with van der Waals surface area (Å²) in [5.41, 5.74) is 0. The van der Waals surface area contributed by atoms with Crippen molar-refractivity contribution in [2.24, 2.45) is 0 Å². The van der Waals surface area contributed by atoms with Crippen LogP contribution in [0.4, 0.5) is 0 Å². The Hall–Kier alpha value is -0.500. The molecule has 3 N–H and O–H groups in total. The van der Waals surface area contributed by atoms with Crippen molar-refractivity contribution in [3.8, 4) is 0 Å². The van der Waals surface area contributed by atoms with Gasteiger partial charge in [-0.05, 0) is 12.8 Å². The molecule has 0 aromatic carbocycles. The number of nitrogens with zero attached hydrogens (tertiary/aromatic N) is 1. The van der Waals surface area contributed by atoms with Gasteiger partial charge in [0.15, 0.2) is 0 Å². The fourth-order valence-corrected chi connectivity index (χ4v) is 14.2. The van der Waals surface area contributed by atoms with E-state index < -0.39 is 20.0 Å². The standard InChI is InChI=1S/C81H165N2O6P/c1-6-8-10-12-14-16-18-20-22-24-26-28-30-32-34-36-37-38-39-40-41-42-43-44-45-46-47-49-51-53-55-57-59-61-63-65-67-69-71-73-75-81(85)82-79(78-89-90(86,87)88-77-76-83(3,4)5)80(84)74-72-70-68-66-64-62-60-58-56-54-52-50-48-35-33-31-29-27-25-23-21-19-17-15-13-11-9-7-2/h79-80,84H,6-78H2,1-5H3,(H-,82,85,86,87)/p+1. The van der Waals surface area contributed by atoms with Crippen LogP contribution in [0.15, 0.2) is 0 Å². The van der Waals surface area contributed by atoms with Gasteiger partial charge in [-0.2, -0.15) is 0 Å². The summed E-state index contributed by atoms with van der Waals surface area (Å²) >= 11 is 0. The van der Waals surface area contributed by atoms with Crippen LogP contribution in [0.3, 0.4) is 0 Å². The molecular formula is C81H166N2O6P+. The van der Waals surface area contributed by atoms with Crippen molar-refractivity contribution in [2.75, 3.05) is 40.9 Å². The highest BCUT2D eigenvalue weighted by atomic mass is 31.2. The van der Waals surface area contributed by atoms with E-state index in [1.807, 2.05) is 21.1 Å². The minimum atomic E-state index is -4.33. The second kappa shape index (κ2) is 72.8. The van der Waals surface area contributed by atoms with Crippen LogP contribution in [-0.4, -0.2) is 73.4 Å². The number of aliphatic hydroxyl groups is 1. The van der Waals surface area contributed by atoms with E-state index >= 15 is 0 Å². The van der Waals surface area contributed by atoms with E-state index in [9.17, 15) is 19.4 Å². The third-order valence-electron chi connectivity index (χ3n) is 19.9. The smallest absolute Gasteiger partial charge is 0.391 e. The summed E-state index contributed by atoms with van der Waals surface area (Å²) in [4.78, 5) is 23.5. The van der Waals surface area contributed by atoms with Crippen LogP contribution in [-0.2, 0) is 18.4 Å². The van der Waals surface area contributed by atoms with Gasteiger partial charge in [-0.1, -0.05) is 444 Å². The number of rotatable bonds is 79. The molecule has 9 heteroatoms. The number of phosphoric acid groups is 1. The maximum absolute atomic E-state index is 13.1. The lowest BCUT2D eigenvalue weighted by atomic mass is 10.0. The summed E-state index contributed by atoms with van der Waals surface area (Å²) in [7, 11) is 1.65. The van der Waals surface area contributed by atoms with Crippen molar-refractivity contribution in [3.63, 3.8) is 0 Å². The van der Waals surface area contributed by atoms with Gasteiger partial charge in [-0.25, -0.2) is 4.57 Å². The number of phosphoric ester groups is 1. The molecule has 0 heterocycles. The number of carbonyl (C=O) groups excluding carboxylic acids is 1. The first-order chi connectivity index (χ1) is 44.0. The van der Waals surface area contributed by atoms with E-state index in [-0.39, 0.29) is 19.1 Å². The van der Waals surface area contributed by atoms with Gasteiger partial charge in [0.25, 0.3) is 0 Å².